The zero-order chi connectivity index (χ0) is 12.2. The fourth-order valence-electron chi connectivity index (χ4n) is 1.20. The topological polar surface area (TPSA) is 66.5 Å². The minimum Gasteiger partial charge on any atom is -0.267 e. The van der Waals surface area contributed by atoms with Crippen LogP contribution in [-0.2, 0) is 10.2 Å². The van der Waals surface area contributed by atoms with E-state index in [9.17, 15) is 13.2 Å². The van der Waals surface area contributed by atoms with E-state index < -0.39 is 16.1 Å². The maximum atomic E-state index is 11.7. The molecule has 0 fully saturated rings. The third-order valence-corrected chi connectivity index (χ3v) is 4.52. The minimum atomic E-state index is -3.71. The molecular weight excluding hydrogens is 248 g/mol. The van der Waals surface area contributed by atoms with Crippen LogP contribution < -0.4 is 4.72 Å². The van der Waals surface area contributed by atoms with E-state index in [2.05, 4.69) is 0 Å². The molecule has 1 heterocycles. The van der Waals surface area contributed by atoms with Crippen LogP contribution in [0.4, 0.5) is 0 Å². The van der Waals surface area contributed by atoms with Crippen molar-refractivity contribution in [2.45, 2.75) is 13.8 Å². The van der Waals surface area contributed by atoms with Crippen molar-refractivity contribution in [3.8, 4) is 0 Å². The number of nitrogens with zero attached hydrogens (tertiary/aromatic N) is 1. The highest BCUT2D eigenvalue weighted by molar-refractivity contribution is 7.87. The minimum absolute atomic E-state index is 0.337. The van der Waals surface area contributed by atoms with Crippen LogP contribution in [0, 0.1) is 0 Å². The van der Waals surface area contributed by atoms with Gasteiger partial charge in [0.2, 0.25) is 0 Å². The lowest BCUT2D eigenvalue weighted by Gasteiger charge is -2.18. The third-order valence-electron chi connectivity index (χ3n) is 2.01. The van der Waals surface area contributed by atoms with E-state index >= 15 is 0 Å². The number of nitrogens with one attached hydrogen (secondary N) is 1. The van der Waals surface area contributed by atoms with Crippen LogP contribution in [-0.4, -0.2) is 31.7 Å². The number of carbonyl (C=O) groups excluding carboxylic acids is 1. The summed E-state index contributed by atoms with van der Waals surface area (Å²) < 4.78 is 26.6. The maximum Gasteiger partial charge on any atom is 0.304 e. The molecule has 0 saturated carbocycles. The van der Waals surface area contributed by atoms with Gasteiger partial charge in [0.25, 0.3) is 5.91 Å². The van der Waals surface area contributed by atoms with E-state index in [1.54, 1.807) is 31.4 Å². The molecule has 0 aliphatic carbocycles. The molecule has 16 heavy (non-hydrogen) atoms. The normalized spacial score (nSPS) is 11.7. The van der Waals surface area contributed by atoms with E-state index in [1.165, 1.54) is 15.6 Å². The van der Waals surface area contributed by atoms with E-state index in [0.717, 1.165) is 0 Å². The number of hydrogen-bond acceptors (Lipinski definition) is 4. The van der Waals surface area contributed by atoms with Crippen molar-refractivity contribution < 1.29 is 13.2 Å². The van der Waals surface area contributed by atoms with Crippen molar-refractivity contribution >= 4 is 27.5 Å². The second-order valence-corrected chi connectivity index (χ2v) is 5.62. The second-order valence-electron chi connectivity index (χ2n) is 3.00. The van der Waals surface area contributed by atoms with Crippen molar-refractivity contribution in [1.82, 2.24) is 9.03 Å². The molecule has 1 rings (SSSR count). The predicted molar refractivity (Wildman–Crippen MR) is 63.6 cm³/mol. The van der Waals surface area contributed by atoms with E-state index in [0.29, 0.717) is 18.0 Å². The lowest BCUT2D eigenvalue weighted by atomic mass is 10.5. The predicted octanol–water partition coefficient (Wildman–Crippen LogP) is 1.06. The van der Waals surface area contributed by atoms with Gasteiger partial charge in [0.15, 0.2) is 0 Å². The van der Waals surface area contributed by atoms with Crippen molar-refractivity contribution in [2.24, 2.45) is 0 Å². The molecule has 5 nitrogen and oxygen atoms in total. The number of thiophene rings is 1. The van der Waals surface area contributed by atoms with Gasteiger partial charge in [0.1, 0.15) is 0 Å². The van der Waals surface area contributed by atoms with Crippen molar-refractivity contribution in [3.63, 3.8) is 0 Å². The molecule has 0 atom stereocenters. The average molecular weight is 262 g/mol. The monoisotopic (exact) mass is 262 g/mol. The zero-order valence-electron chi connectivity index (χ0n) is 9.13. The molecule has 0 spiro atoms. The van der Waals surface area contributed by atoms with Crippen LogP contribution in [0.25, 0.3) is 0 Å². The average Bonchev–Trinajstić information content (AvgIpc) is 2.70. The zero-order valence-corrected chi connectivity index (χ0v) is 10.8. The standard InChI is InChI=1S/C9H14N2O3S2/c1-3-11(4-2)16(13,14)10-9(12)8-6-5-7-15-8/h5-7H,3-4H2,1-2H3,(H,10,12). The molecule has 0 saturated heterocycles. The summed E-state index contributed by atoms with van der Waals surface area (Å²) in [5.74, 6) is -0.582. The highest BCUT2D eigenvalue weighted by Gasteiger charge is 2.22. The van der Waals surface area contributed by atoms with Gasteiger partial charge < -0.3 is 0 Å². The largest absolute Gasteiger partial charge is 0.304 e. The SMILES string of the molecule is CCN(CC)S(=O)(=O)NC(=O)c1cccs1. The first kappa shape index (κ1) is 13.1. The lowest BCUT2D eigenvalue weighted by Crippen LogP contribution is -2.43. The summed E-state index contributed by atoms with van der Waals surface area (Å²) in [6.07, 6.45) is 0. The van der Waals surface area contributed by atoms with Gasteiger partial charge in [-0.05, 0) is 11.4 Å². The Morgan fingerprint density at radius 2 is 2.06 bits per heavy atom. The number of hydrogen-bond donors (Lipinski definition) is 1. The summed E-state index contributed by atoms with van der Waals surface area (Å²) in [5.41, 5.74) is 0. The number of carbonyl (C=O) groups is 1. The second kappa shape index (κ2) is 5.42. The van der Waals surface area contributed by atoms with Crippen LogP contribution in [0.15, 0.2) is 17.5 Å². The van der Waals surface area contributed by atoms with Crippen LogP contribution in [0.1, 0.15) is 23.5 Å². The molecule has 0 bridgehead atoms. The van der Waals surface area contributed by atoms with Gasteiger partial charge in [-0.1, -0.05) is 19.9 Å². The Morgan fingerprint density at radius 1 is 1.44 bits per heavy atom. The molecule has 1 amide bonds. The quantitative estimate of drug-likeness (QED) is 0.863. The molecule has 0 aromatic carbocycles. The summed E-state index contributed by atoms with van der Waals surface area (Å²) >= 11 is 1.20. The van der Waals surface area contributed by atoms with Gasteiger partial charge in [-0.3, -0.25) is 4.79 Å². The van der Waals surface area contributed by atoms with Crippen molar-refractivity contribution in [2.75, 3.05) is 13.1 Å². The number of amides is 1. The smallest absolute Gasteiger partial charge is 0.267 e. The Kier molecular flexibility index (Phi) is 4.45. The molecule has 0 radical (unpaired) electrons. The first-order valence-corrected chi connectivity index (χ1v) is 7.19. The first-order valence-electron chi connectivity index (χ1n) is 4.87. The van der Waals surface area contributed by atoms with E-state index in [-0.39, 0.29) is 0 Å². The molecule has 0 aliphatic rings. The molecule has 1 N–H and O–H groups in total. The molecule has 1 aromatic rings. The summed E-state index contributed by atoms with van der Waals surface area (Å²) in [6, 6.07) is 3.28. The Hall–Kier alpha value is -0.920. The fourth-order valence-corrected chi connectivity index (χ4v) is 3.04. The lowest BCUT2D eigenvalue weighted by molar-refractivity contribution is 0.0983. The Bertz CT molecular complexity index is 435. The van der Waals surface area contributed by atoms with Gasteiger partial charge in [-0.2, -0.15) is 12.7 Å². The van der Waals surface area contributed by atoms with Gasteiger partial charge in [0.05, 0.1) is 4.88 Å². The Balaban J connectivity index is 2.77. The summed E-state index contributed by atoms with van der Waals surface area (Å²) in [6.45, 7) is 4.11. The molecule has 0 unspecified atom stereocenters. The van der Waals surface area contributed by atoms with Gasteiger partial charge in [-0.15, -0.1) is 11.3 Å². The summed E-state index contributed by atoms with van der Waals surface area (Å²) in [5, 5.41) is 1.72. The Labute approximate surface area is 99.3 Å². The van der Waals surface area contributed by atoms with Crippen molar-refractivity contribution in [1.29, 1.82) is 0 Å². The van der Waals surface area contributed by atoms with Gasteiger partial charge in [-0.25, -0.2) is 4.72 Å². The van der Waals surface area contributed by atoms with Crippen LogP contribution in [0.3, 0.4) is 0 Å². The third kappa shape index (κ3) is 3.03. The molecule has 0 aliphatic heterocycles. The van der Waals surface area contributed by atoms with Crippen LogP contribution in [0.2, 0.25) is 0 Å². The van der Waals surface area contributed by atoms with Crippen LogP contribution in [0.5, 0.6) is 0 Å². The van der Waals surface area contributed by atoms with E-state index in [4.69, 9.17) is 0 Å². The van der Waals surface area contributed by atoms with Gasteiger partial charge >= 0.3 is 10.2 Å². The fraction of sp³-hybridized carbons (Fsp3) is 0.444. The molecule has 7 heteroatoms. The molecule has 1 aromatic heterocycles. The van der Waals surface area contributed by atoms with Crippen LogP contribution >= 0.6 is 11.3 Å². The summed E-state index contributed by atoms with van der Waals surface area (Å²) in [7, 11) is -3.71. The van der Waals surface area contributed by atoms with Crippen molar-refractivity contribution in [3.05, 3.63) is 22.4 Å². The van der Waals surface area contributed by atoms with Gasteiger partial charge in [0, 0.05) is 13.1 Å². The molecular formula is C9H14N2O3S2. The maximum absolute atomic E-state index is 11.7. The van der Waals surface area contributed by atoms with E-state index in [1.807, 2.05) is 4.72 Å². The highest BCUT2D eigenvalue weighted by Crippen LogP contribution is 2.09. The number of rotatable bonds is 5. The summed E-state index contributed by atoms with van der Waals surface area (Å²) in [4.78, 5) is 11.9. The first-order chi connectivity index (χ1) is 7.51. The highest BCUT2D eigenvalue weighted by atomic mass is 32.2. The molecule has 90 valence electrons. The Morgan fingerprint density at radius 3 is 2.50 bits per heavy atom.